The van der Waals surface area contributed by atoms with Crippen LogP contribution < -0.4 is 24.4 Å². The van der Waals surface area contributed by atoms with Crippen LogP contribution in [-0.4, -0.2) is 6.79 Å². The molecule has 0 bridgehead atoms. The van der Waals surface area contributed by atoms with Crippen LogP contribution >= 0.6 is 11.6 Å². The highest BCUT2D eigenvalue weighted by Gasteiger charge is 2.18. The smallest absolute Gasteiger partial charge is 0.235 e. The second kappa shape index (κ2) is 7.89. The molecule has 0 saturated heterocycles. The Balaban J connectivity index is 1.40. The van der Waals surface area contributed by atoms with Gasteiger partial charge in [-0.2, -0.15) is 0 Å². The van der Waals surface area contributed by atoms with Gasteiger partial charge in [-0.1, -0.05) is 29.8 Å². The largest absolute Gasteiger partial charge is 0.489 e. The van der Waals surface area contributed by atoms with E-state index >= 15 is 0 Å². The predicted octanol–water partition coefficient (Wildman–Crippen LogP) is 5.85. The zero-order valence-corrected chi connectivity index (χ0v) is 17.3. The van der Waals surface area contributed by atoms with Crippen molar-refractivity contribution in [2.24, 2.45) is 0 Å². The van der Waals surface area contributed by atoms with Crippen molar-refractivity contribution in [3.05, 3.63) is 87.2 Å². The van der Waals surface area contributed by atoms with Gasteiger partial charge in [-0.3, -0.25) is 4.79 Å². The molecular weight excluding hydrogens is 420 g/mol. The summed E-state index contributed by atoms with van der Waals surface area (Å²) in [6, 6.07) is 17.7. The lowest BCUT2D eigenvalue weighted by atomic mass is 10.2. The molecule has 0 amide bonds. The molecule has 0 spiro atoms. The summed E-state index contributed by atoms with van der Waals surface area (Å²) in [6.07, 6.45) is 0. The van der Waals surface area contributed by atoms with Gasteiger partial charge in [0.1, 0.15) is 29.4 Å². The molecule has 0 fully saturated rings. The highest BCUT2D eigenvalue weighted by Crippen LogP contribution is 2.37. The van der Waals surface area contributed by atoms with Gasteiger partial charge in [0.15, 0.2) is 11.5 Å². The lowest BCUT2D eigenvalue weighted by Crippen LogP contribution is -2.07. The van der Waals surface area contributed by atoms with E-state index in [-0.39, 0.29) is 24.6 Å². The van der Waals surface area contributed by atoms with Crippen LogP contribution in [0.5, 0.6) is 28.7 Å². The maximum absolute atomic E-state index is 12.9. The second-order valence-electron chi connectivity index (χ2n) is 6.98. The number of rotatable bonds is 5. The highest BCUT2D eigenvalue weighted by molar-refractivity contribution is 6.31. The molecule has 156 valence electrons. The summed E-state index contributed by atoms with van der Waals surface area (Å²) in [7, 11) is 0. The van der Waals surface area contributed by atoms with E-state index in [9.17, 15) is 4.79 Å². The van der Waals surface area contributed by atoms with Crippen molar-refractivity contribution in [1.29, 1.82) is 0 Å². The van der Waals surface area contributed by atoms with Crippen LogP contribution in [-0.2, 0) is 6.61 Å². The molecule has 4 aromatic rings. The average molecular weight is 437 g/mol. The molecule has 2 heterocycles. The van der Waals surface area contributed by atoms with Crippen LogP contribution in [0, 0.1) is 6.92 Å². The van der Waals surface area contributed by atoms with Gasteiger partial charge in [-0.25, -0.2) is 0 Å². The highest BCUT2D eigenvalue weighted by atomic mass is 35.5. The Hall–Kier alpha value is -3.64. The van der Waals surface area contributed by atoms with Crippen molar-refractivity contribution in [3.8, 4) is 28.7 Å². The molecule has 0 radical (unpaired) electrons. The summed E-state index contributed by atoms with van der Waals surface area (Å²) in [5, 5.41) is 0.931. The number of hydrogen-bond acceptors (Lipinski definition) is 6. The molecule has 6 nitrogen and oxygen atoms in total. The average Bonchev–Trinajstić information content (AvgIpc) is 3.22. The van der Waals surface area contributed by atoms with Gasteiger partial charge in [0, 0.05) is 17.7 Å². The van der Waals surface area contributed by atoms with Gasteiger partial charge >= 0.3 is 0 Å². The van der Waals surface area contributed by atoms with Crippen LogP contribution in [0.2, 0.25) is 5.02 Å². The Labute approximate surface area is 182 Å². The van der Waals surface area contributed by atoms with Crippen molar-refractivity contribution in [3.63, 3.8) is 0 Å². The Morgan fingerprint density at radius 2 is 1.74 bits per heavy atom. The Kier molecular flexibility index (Phi) is 4.92. The first-order valence-electron chi connectivity index (χ1n) is 9.59. The van der Waals surface area contributed by atoms with E-state index in [2.05, 4.69) is 0 Å². The van der Waals surface area contributed by atoms with Crippen LogP contribution in [0.25, 0.3) is 11.0 Å². The molecule has 0 saturated carbocycles. The normalized spacial score (nSPS) is 12.2. The molecule has 1 aliphatic rings. The van der Waals surface area contributed by atoms with E-state index in [1.165, 1.54) is 0 Å². The van der Waals surface area contributed by atoms with E-state index in [1.54, 1.807) is 49.4 Å². The lowest BCUT2D eigenvalue weighted by Gasteiger charge is -2.11. The molecule has 0 aliphatic carbocycles. The quantitative estimate of drug-likeness (QED) is 0.390. The van der Waals surface area contributed by atoms with Crippen LogP contribution in [0.15, 0.2) is 69.9 Å². The fourth-order valence-corrected chi connectivity index (χ4v) is 3.52. The third kappa shape index (κ3) is 3.78. The third-order valence-corrected chi connectivity index (χ3v) is 5.24. The van der Waals surface area contributed by atoms with Gasteiger partial charge < -0.3 is 23.4 Å². The summed E-state index contributed by atoms with van der Waals surface area (Å²) in [4.78, 5) is 12.9. The van der Waals surface area contributed by atoms with Crippen molar-refractivity contribution >= 4 is 22.6 Å². The predicted molar refractivity (Wildman–Crippen MR) is 116 cm³/mol. The molecule has 0 N–H and O–H groups in total. The Morgan fingerprint density at radius 1 is 0.968 bits per heavy atom. The number of halogens is 1. The van der Waals surface area contributed by atoms with Crippen molar-refractivity contribution < 1.29 is 23.4 Å². The SMILES string of the molecule is Cc1oc2cc(OCc3cc4c(cc3Cl)OCO4)ccc2c(=O)c1Oc1ccccc1. The number of ether oxygens (including phenoxy) is 4. The van der Waals surface area contributed by atoms with E-state index in [0.717, 1.165) is 5.56 Å². The van der Waals surface area contributed by atoms with Crippen molar-refractivity contribution in [1.82, 2.24) is 0 Å². The van der Waals surface area contributed by atoms with E-state index < -0.39 is 0 Å². The number of hydrogen-bond donors (Lipinski definition) is 0. The maximum Gasteiger partial charge on any atom is 0.235 e. The zero-order chi connectivity index (χ0) is 21.4. The standard InChI is InChI=1S/C24H17ClO6/c1-14-24(31-16-5-3-2-4-6-16)23(26)18-8-7-17(10-20(18)30-14)27-12-15-9-21-22(11-19(15)25)29-13-28-21/h2-11H,12-13H2,1H3. The molecule has 1 aromatic heterocycles. The molecule has 0 unspecified atom stereocenters. The van der Waals surface area contributed by atoms with Gasteiger partial charge in [0.2, 0.25) is 18.0 Å². The summed E-state index contributed by atoms with van der Waals surface area (Å²) < 4.78 is 28.2. The van der Waals surface area contributed by atoms with E-state index in [0.29, 0.717) is 44.8 Å². The number of para-hydroxylation sites is 1. The molecule has 5 rings (SSSR count). The zero-order valence-electron chi connectivity index (χ0n) is 16.5. The molecule has 1 aliphatic heterocycles. The van der Waals surface area contributed by atoms with Crippen molar-refractivity contribution in [2.45, 2.75) is 13.5 Å². The Morgan fingerprint density at radius 3 is 2.55 bits per heavy atom. The topological polar surface area (TPSA) is 67.1 Å². The summed E-state index contributed by atoms with van der Waals surface area (Å²) >= 11 is 6.31. The Bertz CT molecular complexity index is 1330. The van der Waals surface area contributed by atoms with Gasteiger partial charge in [0.25, 0.3) is 0 Å². The van der Waals surface area contributed by atoms with Crippen LogP contribution in [0.3, 0.4) is 0 Å². The van der Waals surface area contributed by atoms with Gasteiger partial charge in [-0.15, -0.1) is 0 Å². The number of fused-ring (bicyclic) bond motifs is 2. The minimum Gasteiger partial charge on any atom is -0.489 e. The molecule has 7 heteroatoms. The van der Waals surface area contributed by atoms with Crippen LogP contribution in [0.4, 0.5) is 0 Å². The fraction of sp³-hybridized carbons (Fsp3) is 0.125. The van der Waals surface area contributed by atoms with Gasteiger partial charge in [-0.05, 0) is 37.3 Å². The fourth-order valence-electron chi connectivity index (χ4n) is 3.31. The van der Waals surface area contributed by atoms with E-state index in [4.69, 9.17) is 35.0 Å². The maximum atomic E-state index is 12.9. The van der Waals surface area contributed by atoms with Crippen molar-refractivity contribution in [2.75, 3.05) is 6.79 Å². The first kappa shape index (κ1) is 19.3. The van der Waals surface area contributed by atoms with E-state index in [1.807, 2.05) is 18.2 Å². The second-order valence-corrected chi connectivity index (χ2v) is 7.38. The molecule has 3 aromatic carbocycles. The number of benzene rings is 3. The minimum absolute atomic E-state index is 0.166. The van der Waals surface area contributed by atoms with Crippen LogP contribution in [0.1, 0.15) is 11.3 Å². The lowest BCUT2D eigenvalue weighted by molar-refractivity contribution is 0.174. The molecule has 31 heavy (non-hydrogen) atoms. The van der Waals surface area contributed by atoms with Gasteiger partial charge in [0.05, 0.1) is 10.4 Å². The third-order valence-electron chi connectivity index (χ3n) is 4.89. The minimum atomic E-state index is -0.243. The first-order chi connectivity index (χ1) is 15.1. The monoisotopic (exact) mass is 436 g/mol. The molecule has 0 atom stereocenters. The first-order valence-corrected chi connectivity index (χ1v) is 9.97. The summed E-state index contributed by atoms with van der Waals surface area (Å²) in [6.45, 7) is 2.09. The summed E-state index contributed by atoms with van der Waals surface area (Å²) in [5.74, 6) is 2.91. The summed E-state index contributed by atoms with van der Waals surface area (Å²) in [5.41, 5.74) is 0.931. The molecular formula is C24H17ClO6. The number of aryl methyl sites for hydroxylation is 1.